The van der Waals surface area contributed by atoms with E-state index >= 15 is 0 Å². The molecule has 1 heterocycles. The summed E-state index contributed by atoms with van der Waals surface area (Å²) in [5, 5.41) is 3.03. The number of halogens is 1. The first-order valence-electron chi connectivity index (χ1n) is 6.34. The van der Waals surface area contributed by atoms with Gasteiger partial charge in [0, 0.05) is 23.0 Å². The largest absolute Gasteiger partial charge is 0.497 e. The summed E-state index contributed by atoms with van der Waals surface area (Å²) in [7, 11) is 1.59. The summed E-state index contributed by atoms with van der Waals surface area (Å²) in [5.41, 5.74) is 0.588. The van der Waals surface area contributed by atoms with Crippen molar-refractivity contribution < 1.29 is 14.3 Å². The second-order valence-corrected chi connectivity index (χ2v) is 5.59. The predicted octanol–water partition coefficient (Wildman–Crippen LogP) is 2.61. The van der Waals surface area contributed by atoms with Crippen LogP contribution in [0.4, 0.5) is 0 Å². The lowest BCUT2D eigenvalue weighted by Gasteiger charge is -2.19. The maximum atomic E-state index is 12.3. The normalized spacial score (nSPS) is 20.1. The van der Waals surface area contributed by atoms with Crippen LogP contribution in [0.2, 0.25) is 0 Å². The summed E-state index contributed by atoms with van der Waals surface area (Å²) < 4.78 is 11.3. The molecular formula is C14H18BrNO3. The summed E-state index contributed by atoms with van der Waals surface area (Å²) in [4.78, 5) is 12.3. The van der Waals surface area contributed by atoms with E-state index < -0.39 is 0 Å². The number of ether oxygens (including phenoxy) is 2. The third-order valence-corrected chi connectivity index (χ3v) is 4.14. The third-order valence-electron chi connectivity index (χ3n) is 3.45. The third kappa shape index (κ3) is 3.48. The van der Waals surface area contributed by atoms with Gasteiger partial charge < -0.3 is 14.8 Å². The molecule has 2 rings (SSSR count). The molecule has 0 saturated carbocycles. The number of hydrogen-bond acceptors (Lipinski definition) is 3. The molecule has 1 amide bonds. The molecule has 1 aromatic carbocycles. The highest BCUT2D eigenvalue weighted by Gasteiger charge is 2.24. The zero-order chi connectivity index (χ0) is 13.8. The van der Waals surface area contributed by atoms with Gasteiger partial charge >= 0.3 is 0 Å². The maximum absolute atomic E-state index is 12.3. The summed E-state index contributed by atoms with van der Waals surface area (Å²) in [6.07, 6.45) is 1.00. The maximum Gasteiger partial charge on any atom is 0.252 e. The molecule has 0 spiro atoms. The highest BCUT2D eigenvalue weighted by Crippen LogP contribution is 2.23. The van der Waals surface area contributed by atoms with E-state index in [0.29, 0.717) is 17.2 Å². The fourth-order valence-electron chi connectivity index (χ4n) is 2.15. The van der Waals surface area contributed by atoms with Crippen molar-refractivity contribution in [2.75, 3.05) is 20.3 Å². The highest BCUT2D eigenvalue weighted by atomic mass is 79.9. The van der Waals surface area contributed by atoms with E-state index in [1.54, 1.807) is 13.2 Å². The number of benzene rings is 1. The molecule has 2 unspecified atom stereocenters. The van der Waals surface area contributed by atoms with Crippen LogP contribution in [0.5, 0.6) is 5.75 Å². The van der Waals surface area contributed by atoms with Crippen LogP contribution in [0.25, 0.3) is 0 Å². The van der Waals surface area contributed by atoms with Crippen LogP contribution in [-0.4, -0.2) is 32.3 Å². The minimum absolute atomic E-state index is 0.0924. The van der Waals surface area contributed by atoms with Gasteiger partial charge in [0.05, 0.1) is 19.3 Å². The average molecular weight is 328 g/mol. The Morgan fingerprint density at radius 2 is 2.37 bits per heavy atom. The Labute approximate surface area is 121 Å². The van der Waals surface area contributed by atoms with Gasteiger partial charge in [0.15, 0.2) is 0 Å². The Bertz CT molecular complexity index is 458. The van der Waals surface area contributed by atoms with Crippen molar-refractivity contribution in [3.05, 3.63) is 28.2 Å². The molecule has 0 bridgehead atoms. The Morgan fingerprint density at radius 3 is 3.00 bits per heavy atom. The minimum atomic E-state index is -0.0924. The van der Waals surface area contributed by atoms with E-state index in [1.807, 2.05) is 19.1 Å². The summed E-state index contributed by atoms with van der Waals surface area (Å²) in [5.74, 6) is 0.976. The van der Waals surface area contributed by atoms with Crippen molar-refractivity contribution in [1.82, 2.24) is 5.32 Å². The quantitative estimate of drug-likeness (QED) is 0.924. The number of carbonyl (C=O) groups excluding carboxylic acids is 1. The van der Waals surface area contributed by atoms with E-state index in [9.17, 15) is 4.79 Å². The molecule has 5 heteroatoms. The van der Waals surface area contributed by atoms with E-state index in [4.69, 9.17) is 9.47 Å². The number of rotatable bonds is 4. The van der Waals surface area contributed by atoms with Gasteiger partial charge in [0.1, 0.15) is 5.75 Å². The second kappa shape index (κ2) is 6.39. The van der Waals surface area contributed by atoms with Crippen LogP contribution >= 0.6 is 15.9 Å². The van der Waals surface area contributed by atoms with Crippen molar-refractivity contribution in [3.8, 4) is 5.75 Å². The molecule has 1 saturated heterocycles. The second-order valence-electron chi connectivity index (χ2n) is 4.73. The smallest absolute Gasteiger partial charge is 0.252 e. The Balaban J connectivity index is 2.06. The van der Waals surface area contributed by atoms with Gasteiger partial charge in [-0.25, -0.2) is 0 Å². The molecule has 2 atom stereocenters. The molecule has 0 radical (unpaired) electrons. The minimum Gasteiger partial charge on any atom is -0.497 e. The number of nitrogens with one attached hydrogen (secondary N) is 1. The predicted molar refractivity (Wildman–Crippen MR) is 76.5 cm³/mol. The van der Waals surface area contributed by atoms with Gasteiger partial charge in [0.25, 0.3) is 5.91 Å². The van der Waals surface area contributed by atoms with Crippen LogP contribution in [-0.2, 0) is 4.74 Å². The van der Waals surface area contributed by atoms with E-state index in [0.717, 1.165) is 24.1 Å². The van der Waals surface area contributed by atoms with Crippen molar-refractivity contribution in [2.45, 2.75) is 19.4 Å². The van der Waals surface area contributed by atoms with E-state index in [2.05, 4.69) is 21.2 Å². The summed E-state index contributed by atoms with van der Waals surface area (Å²) >= 11 is 3.39. The number of methoxy groups -OCH3 is 1. The van der Waals surface area contributed by atoms with Crippen LogP contribution in [0, 0.1) is 5.92 Å². The zero-order valence-corrected chi connectivity index (χ0v) is 12.7. The van der Waals surface area contributed by atoms with Crippen molar-refractivity contribution in [2.24, 2.45) is 5.92 Å². The summed E-state index contributed by atoms with van der Waals surface area (Å²) in [6.45, 7) is 3.53. The fourth-order valence-corrected chi connectivity index (χ4v) is 2.58. The molecule has 1 aliphatic heterocycles. The first kappa shape index (κ1) is 14.3. The SMILES string of the molecule is COc1ccc(Br)c(C(=O)NC(C)C2CCOC2)c1. The van der Waals surface area contributed by atoms with Crippen molar-refractivity contribution in [3.63, 3.8) is 0 Å². The molecule has 1 fully saturated rings. The van der Waals surface area contributed by atoms with Crippen molar-refractivity contribution >= 4 is 21.8 Å². The lowest BCUT2D eigenvalue weighted by atomic mass is 10.0. The van der Waals surface area contributed by atoms with Gasteiger partial charge in [-0.15, -0.1) is 0 Å². The Kier molecular flexibility index (Phi) is 4.82. The molecule has 0 aliphatic carbocycles. The molecule has 19 heavy (non-hydrogen) atoms. The molecule has 4 nitrogen and oxygen atoms in total. The summed E-state index contributed by atoms with van der Waals surface area (Å²) in [6, 6.07) is 5.47. The van der Waals surface area contributed by atoms with Gasteiger partial charge in [-0.2, -0.15) is 0 Å². The number of carbonyl (C=O) groups is 1. The molecule has 1 N–H and O–H groups in total. The average Bonchev–Trinajstić information content (AvgIpc) is 2.93. The number of hydrogen-bond donors (Lipinski definition) is 1. The van der Waals surface area contributed by atoms with Crippen LogP contribution in [0.3, 0.4) is 0 Å². The van der Waals surface area contributed by atoms with E-state index in [-0.39, 0.29) is 11.9 Å². The standard InChI is InChI=1S/C14H18BrNO3/c1-9(10-5-6-19-8-10)16-14(17)12-7-11(18-2)3-4-13(12)15/h3-4,7,9-10H,5-6,8H2,1-2H3,(H,16,17). The number of amides is 1. The molecular weight excluding hydrogens is 310 g/mol. The monoisotopic (exact) mass is 327 g/mol. The molecule has 104 valence electrons. The van der Waals surface area contributed by atoms with Gasteiger partial charge in [0.2, 0.25) is 0 Å². The van der Waals surface area contributed by atoms with Crippen molar-refractivity contribution in [1.29, 1.82) is 0 Å². The first-order chi connectivity index (χ1) is 9.11. The van der Waals surface area contributed by atoms with Crippen LogP contribution in [0.15, 0.2) is 22.7 Å². The molecule has 1 aromatic rings. The molecule has 0 aromatic heterocycles. The van der Waals surface area contributed by atoms with Gasteiger partial charge in [-0.3, -0.25) is 4.79 Å². The zero-order valence-electron chi connectivity index (χ0n) is 11.1. The van der Waals surface area contributed by atoms with Crippen LogP contribution < -0.4 is 10.1 Å². The fraction of sp³-hybridized carbons (Fsp3) is 0.500. The first-order valence-corrected chi connectivity index (χ1v) is 7.13. The van der Waals surface area contributed by atoms with Crippen LogP contribution in [0.1, 0.15) is 23.7 Å². The Morgan fingerprint density at radius 1 is 1.58 bits per heavy atom. The Hall–Kier alpha value is -1.07. The lowest BCUT2D eigenvalue weighted by Crippen LogP contribution is -2.38. The highest BCUT2D eigenvalue weighted by molar-refractivity contribution is 9.10. The molecule has 1 aliphatic rings. The van der Waals surface area contributed by atoms with Gasteiger partial charge in [-0.1, -0.05) is 0 Å². The lowest BCUT2D eigenvalue weighted by molar-refractivity contribution is 0.0921. The van der Waals surface area contributed by atoms with E-state index in [1.165, 1.54) is 0 Å². The van der Waals surface area contributed by atoms with Gasteiger partial charge in [-0.05, 0) is 47.5 Å². The topological polar surface area (TPSA) is 47.6 Å².